The Kier molecular flexibility index (Phi) is 4.35. The quantitative estimate of drug-likeness (QED) is 0.506. The molecule has 4 rings (SSSR count). The number of thiophene rings is 1. The molecule has 124 valence electrons. The SMILES string of the molecule is O=C(Nc1nc(-c2ccc(Cl)s2)cs1)c1cc(-c2ccccc2)on1. The van der Waals surface area contributed by atoms with Gasteiger partial charge in [-0.1, -0.05) is 47.1 Å². The second-order valence-electron chi connectivity index (χ2n) is 5.04. The Bertz CT molecular complexity index is 1020. The number of halogens is 1. The highest BCUT2D eigenvalue weighted by atomic mass is 35.5. The lowest BCUT2D eigenvalue weighted by Crippen LogP contribution is -2.11. The first-order chi connectivity index (χ1) is 12.2. The summed E-state index contributed by atoms with van der Waals surface area (Å²) in [4.78, 5) is 17.7. The molecule has 0 unspecified atom stereocenters. The average molecular weight is 388 g/mol. The molecule has 1 amide bonds. The number of hydrogen-bond acceptors (Lipinski definition) is 6. The van der Waals surface area contributed by atoms with Crippen molar-refractivity contribution in [3.8, 4) is 21.9 Å². The van der Waals surface area contributed by atoms with E-state index in [0.717, 1.165) is 16.1 Å². The molecular formula is C17H10ClN3O2S2. The summed E-state index contributed by atoms with van der Waals surface area (Å²) < 4.78 is 5.94. The summed E-state index contributed by atoms with van der Waals surface area (Å²) in [6.45, 7) is 0. The average Bonchev–Trinajstić information content (AvgIpc) is 3.35. The van der Waals surface area contributed by atoms with Crippen LogP contribution < -0.4 is 5.32 Å². The molecule has 3 heterocycles. The Balaban J connectivity index is 1.49. The van der Waals surface area contributed by atoms with E-state index in [0.29, 0.717) is 15.2 Å². The van der Waals surface area contributed by atoms with Crippen LogP contribution in [0.2, 0.25) is 4.34 Å². The Morgan fingerprint density at radius 1 is 1.16 bits per heavy atom. The van der Waals surface area contributed by atoms with Crippen molar-refractivity contribution in [3.63, 3.8) is 0 Å². The topological polar surface area (TPSA) is 68.0 Å². The Labute approximate surface area is 155 Å². The number of rotatable bonds is 4. The maximum atomic E-state index is 12.3. The highest BCUT2D eigenvalue weighted by molar-refractivity contribution is 7.20. The van der Waals surface area contributed by atoms with E-state index < -0.39 is 0 Å². The number of aromatic nitrogens is 2. The lowest BCUT2D eigenvalue weighted by molar-refractivity contribution is 0.101. The zero-order valence-corrected chi connectivity index (χ0v) is 15.0. The van der Waals surface area contributed by atoms with Crippen molar-refractivity contribution in [2.45, 2.75) is 0 Å². The molecule has 1 aromatic carbocycles. The lowest BCUT2D eigenvalue weighted by atomic mass is 10.1. The fourth-order valence-electron chi connectivity index (χ4n) is 2.18. The Morgan fingerprint density at radius 3 is 2.76 bits per heavy atom. The molecule has 0 bridgehead atoms. The molecule has 0 aliphatic heterocycles. The first kappa shape index (κ1) is 16.0. The van der Waals surface area contributed by atoms with Gasteiger partial charge in [0, 0.05) is 17.0 Å². The Hall–Kier alpha value is -2.48. The third-order valence-corrected chi connectivity index (χ3v) is 5.36. The minimum Gasteiger partial charge on any atom is -0.355 e. The minimum atomic E-state index is -0.365. The van der Waals surface area contributed by atoms with Gasteiger partial charge in [0.1, 0.15) is 0 Å². The van der Waals surface area contributed by atoms with Crippen molar-refractivity contribution >= 4 is 45.3 Å². The normalized spacial score (nSPS) is 10.8. The van der Waals surface area contributed by atoms with Crippen molar-refractivity contribution in [1.82, 2.24) is 10.1 Å². The van der Waals surface area contributed by atoms with Crippen LogP contribution in [0.25, 0.3) is 21.9 Å². The zero-order valence-electron chi connectivity index (χ0n) is 12.6. The van der Waals surface area contributed by atoms with Crippen LogP contribution in [0, 0.1) is 0 Å². The molecule has 0 atom stereocenters. The summed E-state index contributed by atoms with van der Waals surface area (Å²) in [6.07, 6.45) is 0. The molecular weight excluding hydrogens is 378 g/mol. The monoisotopic (exact) mass is 387 g/mol. The van der Waals surface area contributed by atoms with Crippen LogP contribution in [0.5, 0.6) is 0 Å². The third kappa shape index (κ3) is 3.48. The standard InChI is InChI=1S/C17H10ClN3O2S2/c18-15-7-6-14(25-15)12-9-24-17(19-12)20-16(22)11-8-13(23-21-11)10-4-2-1-3-5-10/h1-9H,(H,19,20,22). The summed E-state index contributed by atoms with van der Waals surface area (Å²) in [6, 6.07) is 14.8. The van der Waals surface area contributed by atoms with Crippen LogP contribution in [0.15, 0.2) is 58.4 Å². The van der Waals surface area contributed by atoms with E-state index in [1.54, 1.807) is 6.07 Å². The molecule has 0 saturated carbocycles. The fraction of sp³-hybridized carbons (Fsp3) is 0. The van der Waals surface area contributed by atoms with Crippen molar-refractivity contribution in [2.75, 3.05) is 5.32 Å². The maximum absolute atomic E-state index is 12.3. The number of carbonyl (C=O) groups is 1. The molecule has 5 nitrogen and oxygen atoms in total. The number of benzene rings is 1. The van der Waals surface area contributed by atoms with Gasteiger partial charge in [-0.05, 0) is 12.1 Å². The number of hydrogen-bond donors (Lipinski definition) is 1. The Morgan fingerprint density at radius 2 is 2.00 bits per heavy atom. The summed E-state index contributed by atoms with van der Waals surface area (Å²) in [5.74, 6) is 0.176. The first-order valence-corrected chi connectivity index (χ1v) is 9.31. The summed E-state index contributed by atoms with van der Waals surface area (Å²) in [5.41, 5.74) is 1.84. The molecule has 1 N–H and O–H groups in total. The van der Waals surface area contributed by atoms with Gasteiger partial charge in [-0.3, -0.25) is 10.1 Å². The van der Waals surface area contributed by atoms with Crippen LogP contribution >= 0.6 is 34.3 Å². The first-order valence-electron chi connectivity index (χ1n) is 7.24. The fourth-order valence-corrected chi connectivity index (χ4v) is 3.96. The van der Waals surface area contributed by atoms with E-state index in [1.807, 2.05) is 47.8 Å². The van der Waals surface area contributed by atoms with Crippen LogP contribution in [-0.4, -0.2) is 16.0 Å². The van der Waals surface area contributed by atoms with Gasteiger partial charge in [0.15, 0.2) is 16.6 Å². The number of amides is 1. The van der Waals surface area contributed by atoms with Gasteiger partial charge >= 0.3 is 0 Å². The number of carbonyl (C=O) groups excluding carboxylic acids is 1. The van der Waals surface area contributed by atoms with E-state index in [1.165, 1.54) is 22.7 Å². The smallest absolute Gasteiger partial charge is 0.279 e. The second kappa shape index (κ2) is 6.79. The van der Waals surface area contributed by atoms with E-state index >= 15 is 0 Å². The molecule has 0 saturated heterocycles. The van der Waals surface area contributed by atoms with Crippen LogP contribution in [0.1, 0.15) is 10.5 Å². The van der Waals surface area contributed by atoms with Gasteiger partial charge in [0.05, 0.1) is 14.9 Å². The summed E-state index contributed by atoms with van der Waals surface area (Å²) in [5, 5.41) is 8.93. The molecule has 0 aliphatic rings. The zero-order chi connectivity index (χ0) is 17.2. The third-order valence-electron chi connectivity index (χ3n) is 3.35. The van der Waals surface area contributed by atoms with E-state index in [-0.39, 0.29) is 11.6 Å². The maximum Gasteiger partial charge on any atom is 0.279 e. The number of thiazole rings is 1. The summed E-state index contributed by atoms with van der Waals surface area (Å²) >= 11 is 8.72. The van der Waals surface area contributed by atoms with Gasteiger partial charge in [-0.15, -0.1) is 22.7 Å². The largest absolute Gasteiger partial charge is 0.355 e. The van der Waals surface area contributed by atoms with Crippen LogP contribution in [-0.2, 0) is 0 Å². The number of anilines is 1. The molecule has 0 radical (unpaired) electrons. The second-order valence-corrected chi connectivity index (χ2v) is 7.61. The molecule has 0 aliphatic carbocycles. The van der Waals surface area contributed by atoms with Crippen molar-refractivity contribution in [2.24, 2.45) is 0 Å². The van der Waals surface area contributed by atoms with Crippen molar-refractivity contribution in [1.29, 1.82) is 0 Å². The van der Waals surface area contributed by atoms with Crippen LogP contribution in [0.4, 0.5) is 5.13 Å². The van der Waals surface area contributed by atoms with Gasteiger partial charge in [-0.2, -0.15) is 0 Å². The molecule has 25 heavy (non-hydrogen) atoms. The van der Waals surface area contributed by atoms with Gasteiger partial charge in [-0.25, -0.2) is 4.98 Å². The summed E-state index contributed by atoms with van der Waals surface area (Å²) in [7, 11) is 0. The molecule has 0 spiro atoms. The molecule has 4 aromatic rings. The van der Waals surface area contributed by atoms with Crippen LogP contribution in [0.3, 0.4) is 0 Å². The van der Waals surface area contributed by atoms with Gasteiger partial charge in [0.2, 0.25) is 0 Å². The van der Waals surface area contributed by atoms with Crippen molar-refractivity contribution in [3.05, 3.63) is 63.9 Å². The highest BCUT2D eigenvalue weighted by Crippen LogP contribution is 2.33. The van der Waals surface area contributed by atoms with E-state index in [4.69, 9.17) is 16.1 Å². The van der Waals surface area contributed by atoms with Gasteiger partial charge < -0.3 is 4.52 Å². The van der Waals surface area contributed by atoms with E-state index in [2.05, 4.69) is 15.5 Å². The lowest BCUT2D eigenvalue weighted by Gasteiger charge is -1.96. The molecule has 3 aromatic heterocycles. The number of nitrogens with one attached hydrogen (secondary N) is 1. The highest BCUT2D eigenvalue weighted by Gasteiger charge is 2.16. The number of nitrogens with zero attached hydrogens (tertiary/aromatic N) is 2. The predicted octanol–water partition coefficient (Wildman–Crippen LogP) is 5.43. The molecule has 0 fully saturated rings. The van der Waals surface area contributed by atoms with Gasteiger partial charge in [0.25, 0.3) is 5.91 Å². The van der Waals surface area contributed by atoms with Crippen molar-refractivity contribution < 1.29 is 9.32 Å². The van der Waals surface area contributed by atoms with E-state index in [9.17, 15) is 4.79 Å². The minimum absolute atomic E-state index is 0.203. The molecule has 8 heteroatoms. The predicted molar refractivity (Wildman–Crippen MR) is 100 cm³/mol.